The number of amides is 10. The van der Waals surface area contributed by atoms with Crippen molar-refractivity contribution in [3.8, 4) is 5.75 Å². The van der Waals surface area contributed by atoms with E-state index in [1.807, 2.05) is 0 Å². The van der Waals surface area contributed by atoms with Crippen molar-refractivity contribution in [2.24, 2.45) is 28.9 Å². The Morgan fingerprint density at radius 1 is 0.519 bits per heavy atom. The van der Waals surface area contributed by atoms with E-state index in [2.05, 4.69) is 42.5 Å². The number of carboxylic acid groups (broad SMARTS) is 2. The number of carboxylic acids is 2. The fraction of sp³-hybridized carbons (Fsp3) is 0.529. The largest absolute Gasteiger partial charge is 0.508 e. The van der Waals surface area contributed by atoms with Gasteiger partial charge in [0.25, 0.3) is 0 Å². The van der Waals surface area contributed by atoms with Crippen LogP contribution in [0.4, 0.5) is 0 Å². The van der Waals surface area contributed by atoms with Gasteiger partial charge in [-0.2, -0.15) is 0 Å². The molecule has 436 valence electrons. The molecule has 0 aliphatic rings. The Morgan fingerprint density at radius 2 is 0.987 bits per heavy atom. The Hall–Kier alpha value is -8.24. The van der Waals surface area contributed by atoms with Crippen LogP contribution in [0.2, 0.25) is 0 Å². The van der Waals surface area contributed by atoms with Crippen LogP contribution in [0.1, 0.15) is 96.1 Å². The third-order valence-electron chi connectivity index (χ3n) is 12.0. The quantitative estimate of drug-likeness (QED) is 0.0287. The fourth-order valence-corrected chi connectivity index (χ4v) is 7.66. The molecule has 0 heterocycles. The Balaban J connectivity index is 2.35. The minimum Gasteiger partial charge on any atom is -0.508 e. The van der Waals surface area contributed by atoms with Crippen molar-refractivity contribution in [3.63, 3.8) is 0 Å². The van der Waals surface area contributed by atoms with Crippen LogP contribution in [0, 0.1) is 5.92 Å². The molecule has 79 heavy (non-hydrogen) atoms. The lowest BCUT2D eigenvalue weighted by atomic mass is 10.00. The summed E-state index contributed by atoms with van der Waals surface area (Å²) < 4.78 is 0. The molecule has 0 unspecified atom stereocenters. The zero-order valence-electron chi connectivity index (χ0n) is 44.4. The molecule has 0 radical (unpaired) electrons. The van der Waals surface area contributed by atoms with E-state index in [-0.39, 0.29) is 50.3 Å². The van der Waals surface area contributed by atoms with Gasteiger partial charge in [0.1, 0.15) is 48.0 Å². The number of carbonyl (C=O) groups excluding carboxylic acids is 10. The van der Waals surface area contributed by atoms with Crippen molar-refractivity contribution in [3.05, 3.63) is 65.7 Å². The number of hydrogen-bond acceptors (Lipinski definition) is 16. The maximum atomic E-state index is 14.2. The molecule has 0 saturated carbocycles. The first kappa shape index (κ1) is 66.9. The standard InChI is InChI=1S/C51H76N12O16/c1-27(2)23-36(61-46(73)33(11-7-8-22-52)57-49(76)37(24-30-12-14-31(65)15-13-30)60-44(71)32(53)16-21-42(69)70)48(75)59-35(18-20-40(55)67)47(74)58-34(17-19-39(54)66)45(72)56-26-41(68)63-43(28(3)64)50(77)62-38(51(78)79)25-29-9-5-4-6-10-29/h4-6,9-10,12-15,27-28,32-38,43,64-65H,7-8,11,16-26,52-53H2,1-3H3,(H2,54,66)(H2,55,67)(H,56,72)(H,57,76)(H,58,74)(H,59,75)(H,60,71)(H,61,73)(H,62,77)(H,63,68)(H,69,70)(H,78,79)/t28-,32+,33+,34+,35+,36+,37+,38+,43+/m1/s1. The van der Waals surface area contributed by atoms with Crippen LogP contribution in [-0.2, 0) is 70.4 Å². The van der Waals surface area contributed by atoms with Crippen LogP contribution in [0.5, 0.6) is 5.75 Å². The van der Waals surface area contributed by atoms with E-state index < -0.39 is 164 Å². The monoisotopic (exact) mass is 1110 g/mol. The van der Waals surface area contributed by atoms with Crippen molar-refractivity contribution < 1.29 is 78.0 Å². The molecule has 0 spiro atoms. The van der Waals surface area contributed by atoms with Crippen LogP contribution >= 0.6 is 0 Å². The average Bonchev–Trinajstić information content (AvgIpc) is 3.38. The number of aromatic hydroxyl groups is 1. The van der Waals surface area contributed by atoms with Gasteiger partial charge in [0.15, 0.2) is 0 Å². The molecule has 0 bridgehead atoms. The van der Waals surface area contributed by atoms with E-state index >= 15 is 0 Å². The summed E-state index contributed by atoms with van der Waals surface area (Å²) in [6, 6.07) is 2.00. The highest BCUT2D eigenvalue weighted by Gasteiger charge is 2.35. The highest BCUT2D eigenvalue weighted by Crippen LogP contribution is 2.14. The highest BCUT2D eigenvalue weighted by atomic mass is 16.4. The molecule has 9 atom stereocenters. The number of phenols is 1. The number of aliphatic hydroxyl groups is 1. The number of rotatable bonds is 37. The van der Waals surface area contributed by atoms with Crippen molar-refractivity contribution in [1.29, 1.82) is 0 Å². The molecule has 10 amide bonds. The molecular formula is C51H76N12O16. The van der Waals surface area contributed by atoms with Crippen molar-refractivity contribution in [2.75, 3.05) is 13.1 Å². The summed E-state index contributed by atoms with van der Waals surface area (Å²) in [5.41, 5.74) is 23.4. The predicted octanol–water partition coefficient (Wildman–Crippen LogP) is -3.95. The second-order valence-electron chi connectivity index (χ2n) is 19.2. The summed E-state index contributed by atoms with van der Waals surface area (Å²) in [6.45, 7) is 3.91. The number of primary amides is 2. The van der Waals surface area contributed by atoms with Crippen LogP contribution in [0.15, 0.2) is 54.6 Å². The van der Waals surface area contributed by atoms with Gasteiger partial charge in [-0.1, -0.05) is 56.3 Å². The number of nitrogens with two attached hydrogens (primary N) is 4. The zero-order chi connectivity index (χ0) is 59.4. The van der Waals surface area contributed by atoms with Gasteiger partial charge in [0.2, 0.25) is 59.1 Å². The number of aliphatic carboxylic acids is 2. The van der Waals surface area contributed by atoms with Gasteiger partial charge < -0.3 is 85.9 Å². The van der Waals surface area contributed by atoms with Crippen LogP contribution in [0.25, 0.3) is 0 Å². The van der Waals surface area contributed by atoms with E-state index in [4.69, 9.17) is 28.0 Å². The summed E-state index contributed by atoms with van der Waals surface area (Å²) in [7, 11) is 0. The zero-order valence-corrected chi connectivity index (χ0v) is 44.4. The van der Waals surface area contributed by atoms with Crippen LogP contribution in [-0.4, -0.2) is 159 Å². The summed E-state index contributed by atoms with van der Waals surface area (Å²) in [4.78, 5) is 156. The Labute approximate surface area is 456 Å². The predicted molar refractivity (Wildman–Crippen MR) is 282 cm³/mol. The first-order valence-corrected chi connectivity index (χ1v) is 25.6. The normalized spacial score (nSPS) is 14.4. The molecule has 2 aromatic carbocycles. The summed E-state index contributed by atoms with van der Waals surface area (Å²) in [6.07, 6.45) is -3.86. The van der Waals surface area contributed by atoms with E-state index in [0.29, 0.717) is 24.0 Å². The summed E-state index contributed by atoms with van der Waals surface area (Å²) in [5, 5.41) is 58.3. The van der Waals surface area contributed by atoms with Crippen LogP contribution in [0.3, 0.4) is 0 Å². The van der Waals surface area contributed by atoms with Gasteiger partial charge in [-0.3, -0.25) is 52.7 Å². The highest BCUT2D eigenvalue weighted by molar-refractivity contribution is 5.98. The number of nitrogens with one attached hydrogen (secondary N) is 8. The van der Waals surface area contributed by atoms with Gasteiger partial charge in [0, 0.05) is 32.1 Å². The maximum Gasteiger partial charge on any atom is 0.326 e. The van der Waals surface area contributed by atoms with Crippen molar-refractivity contribution in [2.45, 2.75) is 152 Å². The second kappa shape index (κ2) is 34.5. The maximum absolute atomic E-state index is 14.2. The number of unbranched alkanes of at least 4 members (excludes halogenated alkanes) is 1. The first-order valence-electron chi connectivity index (χ1n) is 25.6. The lowest BCUT2D eigenvalue weighted by molar-refractivity contribution is -0.143. The third kappa shape index (κ3) is 26.1. The molecule has 0 fully saturated rings. The second-order valence-corrected chi connectivity index (χ2v) is 19.2. The molecule has 0 aromatic heterocycles. The molecule has 2 aromatic rings. The minimum atomic E-state index is -1.70. The van der Waals surface area contributed by atoms with Gasteiger partial charge in [-0.25, -0.2) is 4.79 Å². The molecule has 20 N–H and O–H groups in total. The molecule has 28 heteroatoms. The van der Waals surface area contributed by atoms with Crippen molar-refractivity contribution in [1.82, 2.24) is 42.5 Å². The number of benzene rings is 2. The summed E-state index contributed by atoms with van der Waals surface area (Å²) in [5.74, 6) is -12.7. The Bertz CT molecular complexity index is 2410. The molecular weight excluding hydrogens is 1040 g/mol. The van der Waals surface area contributed by atoms with E-state index in [0.717, 1.165) is 6.92 Å². The topological polar surface area (TPSA) is 486 Å². The summed E-state index contributed by atoms with van der Waals surface area (Å²) >= 11 is 0. The van der Waals surface area contributed by atoms with E-state index in [1.54, 1.807) is 44.2 Å². The van der Waals surface area contributed by atoms with Gasteiger partial charge in [-0.15, -0.1) is 0 Å². The SMILES string of the molecule is CC(C)C[C@H](NC(=O)[C@H](CCCCN)NC(=O)[C@H](Cc1ccc(O)cc1)NC(=O)[C@@H](N)CCC(=O)O)C(=O)N[C@@H](CCC(N)=O)C(=O)N[C@@H](CCC(N)=O)C(=O)NCC(=O)N[C@H](C(=O)N[C@@H](Cc1ccccc1)C(=O)O)[C@@H](C)O. The lowest BCUT2D eigenvalue weighted by Crippen LogP contribution is -2.60. The first-order chi connectivity index (χ1) is 37.2. The Morgan fingerprint density at radius 3 is 1.49 bits per heavy atom. The van der Waals surface area contributed by atoms with Crippen LogP contribution < -0.4 is 65.5 Å². The number of carbonyl (C=O) groups is 12. The number of phenolic OH excluding ortho intramolecular Hbond substituents is 1. The lowest BCUT2D eigenvalue weighted by Gasteiger charge is -2.28. The number of aliphatic hydroxyl groups excluding tert-OH is 1. The minimum absolute atomic E-state index is 0.0261. The molecule has 28 nitrogen and oxygen atoms in total. The smallest absolute Gasteiger partial charge is 0.326 e. The van der Waals surface area contributed by atoms with E-state index in [1.165, 1.54) is 24.3 Å². The molecule has 0 aliphatic heterocycles. The third-order valence-corrected chi connectivity index (χ3v) is 12.0. The van der Waals surface area contributed by atoms with Crippen molar-refractivity contribution >= 4 is 71.0 Å². The molecule has 0 saturated heterocycles. The average molecular weight is 1110 g/mol. The number of hydrogen-bond donors (Lipinski definition) is 16. The van der Waals surface area contributed by atoms with Gasteiger partial charge >= 0.3 is 11.9 Å². The Kier molecular flexibility index (Phi) is 29.2. The van der Waals surface area contributed by atoms with E-state index in [9.17, 15) is 72.9 Å². The van der Waals surface area contributed by atoms with Gasteiger partial charge in [0.05, 0.1) is 18.7 Å². The molecule has 2 rings (SSSR count). The fourth-order valence-electron chi connectivity index (χ4n) is 7.66. The van der Waals surface area contributed by atoms with Gasteiger partial charge in [-0.05, 0) is 87.6 Å². The molecule has 0 aliphatic carbocycles.